The molecule has 0 aromatic carbocycles. The number of ether oxygens (including phenoxy) is 1. The smallest absolute Gasteiger partial charge is 0.243 e. The van der Waals surface area contributed by atoms with E-state index < -0.39 is 0 Å². The maximum absolute atomic E-state index is 5.85. The van der Waals surface area contributed by atoms with Crippen molar-refractivity contribution >= 4 is 11.6 Å². The second-order valence-electron chi connectivity index (χ2n) is 5.04. The molecule has 6 nitrogen and oxygen atoms in total. The molecule has 3 rings (SSSR count). The van der Waals surface area contributed by atoms with Gasteiger partial charge in [-0.1, -0.05) is 6.07 Å². The number of nitrogens with zero attached hydrogens (tertiary/aromatic N) is 3. The molecule has 1 saturated heterocycles. The maximum atomic E-state index is 5.85. The number of aromatic nitrogens is 3. The molecule has 108 valence electrons. The topological polar surface area (TPSA) is 63.5 Å². The zero-order chi connectivity index (χ0) is 13.6. The zero-order valence-corrected chi connectivity index (χ0v) is 11.6. The van der Waals surface area contributed by atoms with Crippen molar-refractivity contribution < 1.29 is 4.74 Å². The molecule has 1 aliphatic rings. The van der Waals surface area contributed by atoms with Crippen LogP contribution in [0.5, 0.6) is 0 Å². The number of hydrogen-bond acceptors (Lipinski definition) is 5. The van der Waals surface area contributed by atoms with Gasteiger partial charge in [0.2, 0.25) is 5.95 Å². The molecular weight excluding hydrogens is 254 g/mol. The molecule has 2 N–H and O–H groups in total. The van der Waals surface area contributed by atoms with Gasteiger partial charge in [-0.15, -0.1) is 5.10 Å². The average Bonchev–Trinajstić information content (AvgIpc) is 2.90. The second-order valence-corrected chi connectivity index (χ2v) is 5.04. The predicted octanol–water partition coefficient (Wildman–Crippen LogP) is 1.30. The maximum Gasteiger partial charge on any atom is 0.243 e. The van der Waals surface area contributed by atoms with Crippen LogP contribution in [0, 0.1) is 0 Å². The van der Waals surface area contributed by atoms with Gasteiger partial charge in [-0.3, -0.25) is 0 Å². The van der Waals surface area contributed by atoms with Gasteiger partial charge in [0, 0.05) is 19.3 Å². The number of hydrogen-bond donors (Lipinski definition) is 2. The Kier molecular flexibility index (Phi) is 4.45. The lowest BCUT2D eigenvalue weighted by Crippen LogP contribution is -2.32. The van der Waals surface area contributed by atoms with E-state index in [4.69, 9.17) is 4.74 Å². The third kappa shape index (κ3) is 3.46. The Morgan fingerprint density at radius 2 is 2.25 bits per heavy atom. The molecule has 0 aliphatic carbocycles. The van der Waals surface area contributed by atoms with Crippen molar-refractivity contribution in [2.24, 2.45) is 0 Å². The quantitative estimate of drug-likeness (QED) is 0.778. The van der Waals surface area contributed by atoms with Crippen LogP contribution in [0.1, 0.15) is 19.3 Å². The number of rotatable bonds is 6. The second kappa shape index (κ2) is 6.67. The van der Waals surface area contributed by atoms with Gasteiger partial charge >= 0.3 is 0 Å². The fraction of sp³-hybridized carbons (Fsp3) is 0.571. The fourth-order valence-corrected chi connectivity index (χ4v) is 2.39. The molecule has 0 radical (unpaired) electrons. The highest BCUT2D eigenvalue weighted by Crippen LogP contribution is 2.08. The Bertz CT molecular complexity index is 502. The molecule has 0 unspecified atom stereocenters. The molecule has 0 bridgehead atoms. The molecule has 0 spiro atoms. The van der Waals surface area contributed by atoms with Crippen molar-refractivity contribution in [1.82, 2.24) is 19.9 Å². The van der Waals surface area contributed by atoms with E-state index in [0.717, 1.165) is 51.2 Å². The lowest BCUT2D eigenvalue weighted by atomic mass is 10.1. The van der Waals surface area contributed by atoms with Crippen molar-refractivity contribution in [2.75, 3.05) is 31.6 Å². The predicted molar refractivity (Wildman–Crippen MR) is 77.9 cm³/mol. The standard InChI is InChI=1S/C14H21N5O/c1-2-10-19-13(4-1)17-14(18-19)16-7-3-11-20-12-5-8-15-9-6-12/h1-2,4,10,12,15H,3,5-9,11H2,(H,16,18). The molecule has 0 amide bonds. The van der Waals surface area contributed by atoms with Crippen LogP contribution in [-0.4, -0.2) is 46.9 Å². The normalized spacial score (nSPS) is 16.6. The van der Waals surface area contributed by atoms with Crippen LogP contribution in [0.2, 0.25) is 0 Å². The largest absolute Gasteiger partial charge is 0.378 e. The molecule has 6 heteroatoms. The number of fused-ring (bicyclic) bond motifs is 1. The summed E-state index contributed by atoms with van der Waals surface area (Å²) in [7, 11) is 0. The lowest BCUT2D eigenvalue weighted by Gasteiger charge is -2.22. The van der Waals surface area contributed by atoms with Gasteiger partial charge in [-0.2, -0.15) is 4.98 Å². The van der Waals surface area contributed by atoms with Crippen LogP contribution >= 0.6 is 0 Å². The van der Waals surface area contributed by atoms with Crippen molar-refractivity contribution in [3.05, 3.63) is 24.4 Å². The van der Waals surface area contributed by atoms with Gasteiger partial charge in [-0.05, 0) is 44.5 Å². The summed E-state index contributed by atoms with van der Waals surface area (Å²) in [6.07, 6.45) is 5.56. The molecule has 2 aromatic heterocycles. The minimum absolute atomic E-state index is 0.435. The summed E-state index contributed by atoms with van der Waals surface area (Å²) in [6.45, 7) is 3.79. The fourth-order valence-electron chi connectivity index (χ4n) is 2.39. The highest BCUT2D eigenvalue weighted by atomic mass is 16.5. The van der Waals surface area contributed by atoms with E-state index in [2.05, 4.69) is 20.7 Å². The van der Waals surface area contributed by atoms with Crippen LogP contribution in [0.4, 0.5) is 5.95 Å². The van der Waals surface area contributed by atoms with E-state index in [0.29, 0.717) is 12.1 Å². The monoisotopic (exact) mass is 275 g/mol. The average molecular weight is 275 g/mol. The van der Waals surface area contributed by atoms with Crippen molar-refractivity contribution in [3.63, 3.8) is 0 Å². The van der Waals surface area contributed by atoms with Crippen LogP contribution in [0.15, 0.2) is 24.4 Å². The molecule has 2 aromatic rings. The van der Waals surface area contributed by atoms with E-state index >= 15 is 0 Å². The highest BCUT2D eigenvalue weighted by Gasteiger charge is 2.12. The van der Waals surface area contributed by atoms with E-state index in [1.165, 1.54) is 0 Å². The molecule has 20 heavy (non-hydrogen) atoms. The summed E-state index contributed by atoms with van der Waals surface area (Å²) in [5.74, 6) is 0.679. The summed E-state index contributed by atoms with van der Waals surface area (Å²) in [6, 6.07) is 5.84. The number of piperidine rings is 1. The Morgan fingerprint density at radius 1 is 1.35 bits per heavy atom. The Hall–Kier alpha value is -1.66. The van der Waals surface area contributed by atoms with Crippen molar-refractivity contribution in [3.8, 4) is 0 Å². The van der Waals surface area contributed by atoms with Gasteiger partial charge in [-0.25, -0.2) is 4.52 Å². The minimum atomic E-state index is 0.435. The highest BCUT2D eigenvalue weighted by molar-refractivity contribution is 5.42. The van der Waals surface area contributed by atoms with E-state index in [1.54, 1.807) is 4.52 Å². The van der Waals surface area contributed by atoms with Crippen LogP contribution in [0.25, 0.3) is 5.65 Å². The van der Waals surface area contributed by atoms with Crippen LogP contribution < -0.4 is 10.6 Å². The van der Waals surface area contributed by atoms with Gasteiger partial charge in [0.05, 0.1) is 6.10 Å². The van der Waals surface area contributed by atoms with Gasteiger partial charge in [0.15, 0.2) is 5.65 Å². The number of nitrogens with one attached hydrogen (secondary N) is 2. The van der Waals surface area contributed by atoms with Crippen molar-refractivity contribution in [2.45, 2.75) is 25.4 Å². The van der Waals surface area contributed by atoms with E-state index in [-0.39, 0.29) is 0 Å². The molecule has 1 aliphatic heterocycles. The molecule has 1 fully saturated rings. The Morgan fingerprint density at radius 3 is 3.10 bits per heavy atom. The molecule has 3 heterocycles. The molecule has 0 atom stereocenters. The Balaban J connectivity index is 1.37. The third-order valence-electron chi connectivity index (χ3n) is 3.49. The summed E-state index contributed by atoms with van der Waals surface area (Å²) in [5, 5.41) is 10.9. The summed E-state index contributed by atoms with van der Waals surface area (Å²) in [4.78, 5) is 4.39. The van der Waals surface area contributed by atoms with Crippen LogP contribution in [0.3, 0.4) is 0 Å². The lowest BCUT2D eigenvalue weighted by molar-refractivity contribution is 0.0329. The number of pyridine rings is 1. The van der Waals surface area contributed by atoms with Crippen LogP contribution in [-0.2, 0) is 4.74 Å². The molecule has 0 saturated carbocycles. The first kappa shape index (κ1) is 13.3. The van der Waals surface area contributed by atoms with E-state index in [9.17, 15) is 0 Å². The van der Waals surface area contributed by atoms with Gasteiger partial charge in [0.1, 0.15) is 0 Å². The van der Waals surface area contributed by atoms with Crippen molar-refractivity contribution in [1.29, 1.82) is 0 Å². The first-order valence-electron chi connectivity index (χ1n) is 7.29. The zero-order valence-electron chi connectivity index (χ0n) is 11.6. The summed E-state index contributed by atoms with van der Waals surface area (Å²) in [5.41, 5.74) is 0.862. The SMILES string of the molecule is c1ccn2nc(NCCCOC3CCNCC3)nc2c1. The Labute approximate surface area is 118 Å². The minimum Gasteiger partial charge on any atom is -0.378 e. The summed E-state index contributed by atoms with van der Waals surface area (Å²) >= 11 is 0. The number of anilines is 1. The molecular formula is C14H21N5O. The first-order chi connectivity index (χ1) is 9.92. The van der Waals surface area contributed by atoms with Gasteiger partial charge < -0.3 is 15.4 Å². The third-order valence-corrected chi connectivity index (χ3v) is 3.49. The van der Waals surface area contributed by atoms with E-state index in [1.807, 2.05) is 24.4 Å². The van der Waals surface area contributed by atoms with Gasteiger partial charge in [0.25, 0.3) is 0 Å². The first-order valence-corrected chi connectivity index (χ1v) is 7.29. The summed E-state index contributed by atoms with van der Waals surface area (Å²) < 4.78 is 7.63.